The summed E-state index contributed by atoms with van der Waals surface area (Å²) in [7, 11) is 0. The predicted molar refractivity (Wildman–Crippen MR) is 90.2 cm³/mol. The van der Waals surface area contributed by atoms with E-state index in [1.54, 1.807) is 0 Å². The van der Waals surface area contributed by atoms with Gasteiger partial charge in [-0.2, -0.15) is 0 Å². The van der Waals surface area contributed by atoms with E-state index >= 15 is 0 Å². The zero-order valence-corrected chi connectivity index (χ0v) is 14.8. The van der Waals surface area contributed by atoms with E-state index < -0.39 is 0 Å². The van der Waals surface area contributed by atoms with E-state index in [4.69, 9.17) is 0 Å². The molecular weight excluding hydrogens is 382 g/mol. The molecular formula is C16H21Br2NO. The van der Waals surface area contributed by atoms with Gasteiger partial charge in [0.1, 0.15) is 0 Å². The molecule has 1 aliphatic rings. The number of rotatable bonds is 5. The number of alkyl halides is 1. The minimum atomic E-state index is 0.119. The molecule has 0 radical (unpaired) electrons. The van der Waals surface area contributed by atoms with Crippen molar-refractivity contribution in [3.8, 4) is 0 Å². The lowest BCUT2D eigenvalue weighted by Crippen LogP contribution is -2.40. The highest BCUT2D eigenvalue weighted by molar-refractivity contribution is 9.10. The van der Waals surface area contributed by atoms with Crippen LogP contribution in [0.2, 0.25) is 0 Å². The van der Waals surface area contributed by atoms with Gasteiger partial charge in [0.05, 0.1) is 6.42 Å². The van der Waals surface area contributed by atoms with E-state index in [0.29, 0.717) is 6.42 Å². The molecule has 1 aromatic rings. The quantitative estimate of drug-likeness (QED) is 0.724. The molecule has 4 heteroatoms. The van der Waals surface area contributed by atoms with Crippen LogP contribution in [0.15, 0.2) is 28.7 Å². The summed E-state index contributed by atoms with van der Waals surface area (Å²) < 4.78 is 1.02. The molecule has 1 aliphatic carbocycles. The minimum absolute atomic E-state index is 0.119. The van der Waals surface area contributed by atoms with Crippen LogP contribution in [0, 0.1) is 5.41 Å². The van der Waals surface area contributed by atoms with Crippen molar-refractivity contribution in [3.05, 3.63) is 34.3 Å². The predicted octanol–water partition coefficient (Wildman–Crippen LogP) is 4.45. The fraction of sp³-hybridized carbons (Fsp3) is 0.562. The van der Waals surface area contributed by atoms with E-state index in [-0.39, 0.29) is 11.3 Å². The third-order valence-corrected chi connectivity index (χ3v) is 5.79. The first kappa shape index (κ1) is 16.0. The molecule has 2 nitrogen and oxygen atoms in total. The second-order valence-corrected chi connectivity index (χ2v) is 7.25. The van der Waals surface area contributed by atoms with Crippen LogP contribution < -0.4 is 5.32 Å². The van der Waals surface area contributed by atoms with Crippen molar-refractivity contribution in [2.24, 2.45) is 5.41 Å². The third-order valence-electron chi connectivity index (χ3n) is 4.11. The summed E-state index contributed by atoms with van der Waals surface area (Å²) in [4.78, 5) is 12.1. The number of halogens is 2. The highest BCUT2D eigenvalue weighted by atomic mass is 79.9. The average Bonchev–Trinajstić information content (AvgIpc) is 2.46. The summed E-state index contributed by atoms with van der Waals surface area (Å²) in [5.41, 5.74) is 1.32. The Morgan fingerprint density at radius 3 is 2.65 bits per heavy atom. The molecule has 1 fully saturated rings. The Hall–Kier alpha value is -0.350. The monoisotopic (exact) mass is 401 g/mol. The normalized spacial score (nSPS) is 17.7. The van der Waals surface area contributed by atoms with Crippen molar-refractivity contribution in [1.82, 2.24) is 5.32 Å². The van der Waals surface area contributed by atoms with Crippen molar-refractivity contribution in [3.63, 3.8) is 0 Å². The average molecular weight is 403 g/mol. The summed E-state index contributed by atoms with van der Waals surface area (Å²) in [6.45, 7) is 0.797. The summed E-state index contributed by atoms with van der Waals surface area (Å²) in [6.07, 6.45) is 6.80. The van der Waals surface area contributed by atoms with Crippen LogP contribution in [0.3, 0.4) is 0 Å². The first-order chi connectivity index (χ1) is 9.63. The maximum Gasteiger partial charge on any atom is 0.224 e. The largest absolute Gasteiger partial charge is 0.355 e. The molecule has 20 heavy (non-hydrogen) atoms. The highest BCUT2D eigenvalue weighted by Gasteiger charge is 2.31. The van der Waals surface area contributed by atoms with Gasteiger partial charge in [0.2, 0.25) is 5.91 Å². The Morgan fingerprint density at radius 2 is 2.00 bits per heavy atom. The lowest BCUT2D eigenvalue weighted by molar-refractivity contribution is -0.121. The molecule has 0 saturated heterocycles. The number of amides is 1. The van der Waals surface area contributed by atoms with E-state index in [0.717, 1.165) is 21.9 Å². The number of hydrogen-bond donors (Lipinski definition) is 1. The zero-order chi connectivity index (χ0) is 14.4. The maximum absolute atomic E-state index is 12.1. The van der Waals surface area contributed by atoms with Crippen molar-refractivity contribution >= 4 is 37.8 Å². The maximum atomic E-state index is 12.1. The second kappa shape index (κ2) is 7.60. The van der Waals surface area contributed by atoms with Crippen LogP contribution in [0.4, 0.5) is 0 Å². The molecule has 2 rings (SSSR count). The number of benzene rings is 1. The standard InChI is InChI=1S/C16H21Br2NO/c17-11-16(7-2-1-3-8-16)12-19-15(20)10-13-5-4-6-14(18)9-13/h4-6,9H,1-3,7-8,10-12H2,(H,19,20). The molecule has 1 saturated carbocycles. The minimum Gasteiger partial charge on any atom is -0.355 e. The molecule has 1 aromatic carbocycles. The van der Waals surface area contributed by atoms with Gasteiger partial charge in [-0.05, 0) is 36.0 Å². The van der Waals surface area contributed by atoms with Gasteiger partial charge in [0.25, 0.3) is 0 Å². The first-order valence-electron chi connectivity index (χ1n) is 7.21. The zero-order valence-electron chi connectivity index (χ0n) is 11.6. The summed E-state index contributed by atoms with van der Waals surface area (Å²) in [6, 6.07) is 7.93. The van der Waals surface area contributed by atoms with Crippen molar-refractivity contribution in [2.45, 2.75) is 38.5 Å². The van der Waals surface area contributed by atoms with Crippen molar-refractivity contribution in [1.29, 1.82) is 0 Å². The smallest absolute Gasteiger partial charge is 0.224 e. The van der Waals surface area contributed by atoms with Gasteiger partial charge in [0, 0.05) is 16.3 Å². The lowest BCUT2D eigenvalue weighted by atomic mass is 9.75. The summed E-state index contributed by atoms with van der Waals surface area (Å²) >= 11 is 7.07. The Balaban J connectivity index is 1.85. The molecule has 110 valence electrons. The van der Waals surface area contributed by atoms with Crippen molar-refractivity contribution < 1.29 is 4.79 Å². The third kappa shape index (κ3) is 4.59. The van der Waals surface area contributed by atoms with Gasteiger partial charge in [-0.1, -0.05) is 63.3 Å². The molecule has 1 N–H and O–H groups in total. The Bertz CT molecular complexity index is 456. The Kier molecular flexibility index (Phi) is 6.09. The number of nitrogens with one attached hydrogen (secondary N) is 1. The van der Waals surface area contributed by atoms with Crippen LogP contribution in [-0.4, -0.2) is 17.8 Å². The Labute approximate surface area is 138 Å². The molecule has 0 aromatic heterocycles. The van der Waals surface area contributed by atoms with Gasteiger partial charge in [-0.25, -0.2) is 0 Å². The topological polar surface area (TPSA) is 29.1 Å². The summed E-state index contributed by atoms with van der Waals surface area (Å²) in [5, 5.41) is 4.11. The van der Waals surface area contributed by atoms with Crippen LogP contribution in [0.25, 0.3) is 0 Å². The SMILES string of the molecule is O=C(Cc1cccc(Br)c1)NCC1(CBr)CCCCC1. The number of hydrogen-bond acceptors (Lipinski definition) is 1. The molecule has 0 unspecified atom stereocenters. The van der Waals surface area contributed by atoms with E-state index in [9.17, 15) is 4.79 Å². The van der Waals surface area contributed by atoms with Crippen LogP contribution >= 0.6 is 31.9 Å². The molecule has 0 aliphatic heterocycles. The molecule has 0 bridgehead atoms. The van der Waals surface area contributed by atoms with E-state index in [1.165, 1.54) is 32.1 Å². The van der Waals surface area contributed by atoms with Gasteiger partial charge in [-0.3, -0.25) is 4.79 Å². The molecule has 1 amide bonds. The molecule has 0 atom stereocenters. The van der Waals surface area contributed by atoms with Gasteiger partial charge >= 0.3 is 0 Å². The fourth-order valence-corrected chi connectivity index (χ4v) is 4.05. The molecule has 0 heterocycles. The van der Waals surface area contributed by atoms with Crippen LogP contribution in [0.5, 0.6) is 0 Å². The van der Waals surface area contributed by atoms with Gasteiger partial charge in [0.15, 0.2) is 0 Å². The number of carbonyl (C=O) groups excluding carboxylic acids is 1. The van der Waals surface area contributed by atoms with E-state index in [1.807, 2.05) is 24.3 Å². The van der Waals surface area contributed by atoms with Gasteiger partial charge < -0.3 is 5.32 Å². The second-order valence-electron chi connectivity index (χ2n) is 5.78. The lowest BCUT2D eigenvalue weighted by Gasteiger charge is -2.35. The van der Waals surface area contributed by atoms with Crippen LogP contribution in [0.1, 0.15) is 37.7 Å². The fourth-order valence-electron chi connectivity index (χ4n) is 2.84. The molecule has 0 spiro atoms. The number of carbonyl (C=O) groups is 1. The van der Waals surface area contributed by atoms with Crippen LogP contribution in [-0.2, 0) is 11.2 Å². The highest BCUT2D eigenvalue weighted by Crippen LogP contribution is 2.37. The van der Waals surface area contributed by atoms with Crippen molar-refractivity contribution in [2.75, 3.05) is 11.9 Å². The summed E-state index contributed by atoms with van der Waals surface area (Å²) in [5.74, 6) is 0.119. The van der Waals surface area contributed by atoms with Gasteiger partial charge in [-0.15, -0.1) is 0 Å². The van der Waals surface area contributed by atoms with E-state index in [2.05, 4.69) is 37.2 Å². The first-order valence-corrected chi connectivity index (χ1v) is 9.12. The Morgan fingerprint density at radius 1 is 1.25 bits per heavy atom.